The van der Waals surface area contributed by atoms with E-state index in [0.717, 1.165) is 5.56 Å². The van der Waals surface area contributed by atoms with E-state index in [1.54, 1.807) is 30.3 Å². The Morgan fingerprint density at radius 1 is 0.761 bits per heavy atom. The van der Waals surface area contributed by atoms with Crippen LogP contribution in [0.15, 0.2) is 126 Å². The van der Waals surface area contributed by atoms with Gasteiger partial charge in [-0.2, -0.15) is 0 Å². The van der Waals surface area contributed by atoms with Crippen LogP contribution in [-0.4, -0.2) is 15.1 Å². The zero-order valence-corrected chi connectivity index (χ0v) is 27.4. The standard InChI is InChI=1S/C41H33N2O2.Pt/c1-26-21-29(23-30(22-26)36-24-34(27(2)25-42-36)28-13-7-5-8-14-28)32-17-12-20-37-38(32)43-40(45-37)33-18-11-19-35(39(33)44)41(3,4)31-15-9-6-10-16-31;/h5-22,24-25,44H,1-4H3;/q-1;/i1D3,2D3;. The van der Waals surface area contributed by atoms with E-state index in [0.29, 0.717) is 55.7 Å². The fourth-order valence-electron chi connectivity index (χ4n) is 5.82. The van der Waals surface area contributed by atoms with Crippen LogP contribution in [0.4, 0.5) is 0 Å². The molecule has 0 saturated carbocycles. The van der Waals surface area contributed by atoms with Gasteiger partial charge in [-0.05, 0) is 41.2 Å². The number of oxazole rings is 1. The molecule has 0 saturated heterocycles. The number of fused-ring (bicyclic) bond motifs is 1. The quantitative estimate of drug-likeness (QED) is 0.171. The normalized spacial score (nSPS) is 13.9. The summed E-state index contributed by atoms with van der Waals surface area (Å²) in [6, 6.07) is 38.0. The fourth-order valence-corrected chi connectivity index (χ4v) is 5.82. The number of aromatic hydroxyl groups is 1. The third-order valence-electron chi connectivity index (χ3n) is 8.28. The van der Waals surface area contributed by atoms with Crippen molar-refractivity contribution in [1.82, 2.24) is 9.97 Å². The van der Waals surface area contributed by atoms with Crippen molar-refractivity contribution in [2.75, 3.05) is 0 Å². The molecule has 0 aliphatic rings. The average Bonchev–Trinajstić information content (AvgIpc) is 3.56. The molecular formula is C41H33N2O2Pt-. The molecule has 0 radical (unpaired) electrons. The molecule has 0 aliphatic heterocycles. The van der Waals surface area contributed by atoms with Gasteiger partial charge in [0.2, 0.25) is 5.89 Å². The zero-order chi connectivity index (χ0) is 36.1. The molecule has 0 atom stereocenters. The summed E-state index contributed by atoms with van der Waals surface area (Å²) in [6.07, 6.45) is 1.32. The molecule has 0 aliphatic carbocycles. The average molecular weight is 787 g/mol. The van der Waals surface area contributed by atoms with Crippen molar-refractivity contribution in [1.29, 1.82) is 0 Å². The fraction of sp³-hybridized carbons (Fsp3) is 0.122. The molecular weight excluding hydrogens is 748 g/mol. The maximum atomic E-state index is 11.6. The van der Waals surface area contributed by atoms with Gasteiger partial charge in [0.25, 0.3) is 0 Å². The van der Waals surface area contributed by atoms with E-state index in [-0.39, 0.29) is 43.8 Å². The van der Waals surface area contributed by atoms with Crippen LogP contribution in [0.25, 0.3) is 56.1 Å². The third kappa shape index (κ3) is 5.70. The zero-order valence-electron chi connectivity index (χ0n) is 31.1. The Bertz CT molecular complexity index is 2390. The molecule has 0 fully saturated rings. The summed E-state index contributed by atoms with van der Waals surface area (Å²) in [7, 11) is 0. The van der Waals surface area contributed by atoms with Gasteiger partial charge in [0.15, 0.2) is 0 Å². The van der Waals surface area contributed by atoms with Gasteiger partial charge in [0.05, 0.1) is 11.1 Å². The molecule has 2 aromatic heterocycles. The molecule has 46 heavy (non-hydrogen) atoms. The van der Waals surface area contributed by atoms with E-state index in [4.69, 9.17) is 17.6 Å². The van der Waals surface area contributed by atoms with Gasteiger partial charge in [-0.15, -0.1) is 29.3 Å². The number of hydrogen-bond acceptors (Lipinski definition) is 4. The van der Waals surface area contributed by atoms with Crippen LogP contribution in [0.3, 0.4) is 0 Å². The maximum Gasteiger partial charge on any atom is 0.230 e. The Morgan fingerprint density at radius 2 is 1.48 bits per heavy atom. The molecule has 1 N–H and O–H groups in total. The van der Waals surface area contributed by atoms with Crippen LogP contribution in [-0.2, 0) is 26.5 Å². The van der Waals surface area contributed by atoms with Gasteiger partial charge in [-0.25, -0.2) is 4.98 Å². The van der Waals surface area contributed by atoms with Crippen LogP contribution in [0.2, 0.25) is 0 Å². The van der Waals surface area contributed by atoms with Crippen LogP contribution in [0, 0.1) is 19.8 Å². The van der Waals surface area contributed by atoms with E-state index in [1.807, 2.05) is 92.7 Å². The van der Waals surface area contributed by atoms with Crippen molar-refractivity contribution in [3.8, 4) is 50.7 Å². The van der Waals surface area contributed by atoms with E-state index < -0.39 is 19.1 Å². The first-order valence-corrected chi connectivity index (χ1v) is 14.6. The molecule has 0 amide bonds. The van der Waals surface area contributed by atoms with Gasteiger partial charge >= 0.3 is 0 Å². The summed E-state index contributed by atoms with van der Waals surface area (Å²) in [5.74, 6) is 0.265. The van der Waals surface area contributed by atoms with Crippen molar-refractivity contribution in [2.45, 2.75) is 33.0 Å². The summed E-state index contributed by atoms with van der Waals surface area (Å²) in [5, 5.41) is 11.6. The first-order chi connectivity index (χ1) is 24.2. The number of phenols is 1. The van der Waals surface area contributed by atoms with Crippen molar-refractivity contribution in [2.24, 2.45) is 0 Å². The van der Waals surface area contributed by atoms with Gasteiger partial charge in [0, 0.05) is 52.2 Å². The van der Waals surface area contributed by atoms with Crippen LogP contribution >= 0.6 is 0 Å². The summed E-state index contributed by atoms with van der Waals surface area (Å²) in [4.78, 5) is 9.33. The minimum Gasteiger partial charge on any atom is -0.507 e. The van der Waals surface area contributed by atoms with E-state index in [2.05, 4.69) is 11.1 Å². The van der Waals surface area contributed by atoms with Crippen LogP contribution in [0.5, 0.6) is 5.75 Å². The SMILES string of the molecule is [2H]C([2H])([2H])c1cc(-c2cc(-c3ccccc3)c(C([2H])([2H])[2H])cn2)[c-]c(-c2cccc3oc(-c4cccc(C(C)(C)c5ccccc5)c4O)nc23)c1.[Pt]. The second-order valence-corrected chi connectivity index (χ2v) is 11.5. The predicted octanol–water partition coefficient (Wildman–Crippen LogP) is 10.3. The molecule has 0 bridgehead atoms. The number of aryl methyl sites for hydroxylation is 2. The Hall–Kier alpha value is -4.79. The second-order valence-electron chi connectivity index (χ2n) is 11.5. The molecule has 7 aromatic rings. The summed E-state index contributed by atoms with van der Waals surface area (Å²) < 4.78 is 55.4. The molecule has 0 spiro atoms. The first kappa shape index (κ1) is 24.4. The largest absolute Gasteiger partial charge is 0.507 e. The van der Waals surface area contributed by atoms with Crippen molar-refractivity contribution < 1.29 is 38.8 Å². The monoisotopic (exact) mass is 786 g/mol. The number of hydrogen-bond donors (Lipinski definition) is 1. The van der Waals surface area contributed by atoms with Gasteiger partial charge < -0.3 is 9.52 Å². The van der Waals surface area contributed by atoms with Crippen LogP contribution in [0.1, 0.15) is 44.3 Å². The summed E-state index contributed by atoms with van der Waals surface area (Å²) in [6.45, 7) is -0.798. The first-order valence-electron chi connectivity index (χ1n) is 17.6. The van der Waals surface area contributed by atoms with Gasteiger partial charge in [-0.3, -0.25) is 4.98 Å². The van der Waals surface area contributed by atoms with Crippen molar-refractivity contribution in [3.05, 3.63) is 150 Å². The molecule has 230 valence electrons. The van der Waals surface area contributed by atoms with Crippen LogP contribution < -0.4 is 0 Å². The number of rotatable bonds is 6. The smallest absolute Gasteiger partial charge is 0.230 e. The van der Waals surface area contributed by atoms with Crippen molar-refractivity contribution in [3.63, 3.8) is 0 Å². The van der Waals surface area contributed by atoms with E-state index in [9.17, 15) is 5.11 Å². The maximum absolute atomic E-state index is 11.6. The number of para-hydroxylation sites is 2. The Balaban J connectivity index is 0.00000464. The van der Waals surface area contributed by atoms with Gasteiger partial charge in [-0.1, -0.05) is 123 Å². The predicted molar refractivity (Wildman–Crippen MR) is 182 cm³/mol. The number of benzene rings is 5. The molecule has 0 unspecified atom stereocenters. The second kappa shape index (κ2) is 12.5. The summed E-state index contributed by atoms with van der Waals surface area (Å²) >= 11 is 0. The number of nitrogens with zero attached hydrogens (tertiary/aromatic N) is 2. The van der Waals surface area contributed by atoms with Gasteiger partial charge in [0.1, 0.15) is 11.3 Å². The Labute approximate surface area is 292 Å². The van der Waals surface area contributed by atoms with Crippen molar-refractivity contribution >= 4 is 11.1 Å². The number of aromatic nitrogens is 2. The molecule has 5 aromatic carbocycles. The summed E-state index contributed by atoms with van der Waals surface area (Å²) in [5.41, 5.74) is 5.61. The number of pyridine rings is 1. The molecule has 4 nitrogen and oxygen atoms in total. The topological polar surface area (TPSA) is 59.2 Å². The number of phenolic OH excluding ortho intramolecular Hbond substituents is 1. The minimum absolute atomic E-state index is 0. The molecule has 2 heterocycles. The molecule has 5 heteroatoms. The third-order valence-corrected chi connectivity index (χ3v) is 8.28. The minimum atomic E-state index is -2.47. The van der Waals surface area contributed by atoms with E-state index >= 15 is 0 Å². The molecule has 7 rings (SSSR count). The van der Waals surface area contributed by atoms with E-state index in [1.165, 1.54) is 12.3 Å². The Morgan fingerprint density at radius 3 is 2.24 bits per heavy atom. The Kier molecular flexibility index (Phi) is 6.66.